The van der Waals surface area contributed by atoms with Crippen molar-refractivity contribution in [2.24, 2.45) is 10.9 Å². The van der Waals surface area contributed by atoms with Crippen molar-refractivity contribution in [3.05, 3.63) is 0 Å². The molecule has 21 heavy (non-hydrogen) atoms. The van der Waals surface area contributed by atoms with E-state index in [2.05, 4.69) is 35.6 Å². The number of likely N-dealkylation sites (tertiary alicyclic amines) is 1. The zero-order chi connectivity index (χ0) is 14.6. The van der Waals surface area contributed by atoms with Gasteiger partial charge in [0.1, 0.15) is 0 Å². The molecule has 1 saturated heterocycles. The van der Waals surface area contributed by atoms with Gasteiger partial charge in [-0.2, -0.15) is 11.8 Å². The monoisotopic (exact) mass is 428 g/mol. The van der Waals surface area contributed by atoms with Crippen LogP contribution in [0.3, 0.4) is 0 Å². The molecule has 6 heteroatoms. The Morgan fingerprint density at radius 1 is 1.24 bits per heavy atom. The lowest BCUT2D eigenvalue weighted by molar-refractivity contribution is 0.188. The Hall–Kier alpha value is 0.310. The molecular formula is C15H33IN4S. The number of rotatable bonds is 8. The predicted molar refractivity (Wildman–Crippen MR) is 107 cm³/mol. The van der Waals surface area contributed by atoms with Gasteiger partial charge < -0.3 is 15.5 Å². The normalized spacial score (nSPS) is 17.4. The third-order valence-electron chi connectivity index (χ3n) is 3.70. The summed E-state index contributed by atoms with van der Waals surface area (Å²) >= 11 is 1.86. The molecule has 1 aliphatic heterocycles. The van der Waals surface area contributed by atoms with Crippen LogP contribution in [0, 0.1) is 5.92 Å². The molecule has 1 rings (SSSR count). The van der Waals surface area contributed by atoms with Gasteiger partial charge in [0, 0.05) is 25.4 Å². The SMILES string of the molecule is CCCN1CCC(CN=C(NCC)NCCSC)CC1.I. The predicted octanol–water partition coefficient (Wildman–Crippen LogP) is 2.64. The molecule has 1 fully saturated rings. The van der Waals surface area contributed by atoms with Crippen LogP contribution in [0.25, 0.3) is 0 Å². The van der Waals surface area contributed by atoms with Crippen molar-refractivity contribution in [1.29, 1.82) is 0 Å². The molecule has 0 aromatic carbocycles. The summed E-state index contributed by atoms with van der Waals surface area (Å²) in [6.45, 7) is 11.0. The van der Waals surface area contributed by atoms with Crippen LogP contribution in [0.2, 0.25) is 0 Å². The topological polar surface area (TPSA) is 39.7 Å². The number of halogens is 1. The van der Waals surface area contributed by atoms with Gasteiger partial charge in [-0.05, 0) is 58.0 Å². The first-order valence-electron chi connectivity index (χ1n) is 8.03. The molecule has 0 aromatic heterocycles. The summed E-state index contributed by atoms with van der Waals surface area (Å²) in [5.74, 6) is 2.87. The van der Waals surface area contributed by atoms with Crippen LogP contribution in [0.4, 0.5) is 0 Å². The fraction of sp³-hybridized carbons (Fsp3) is 0.933. The Bertz CT molecular complexity index is 268. The second-order valence-corrected chi connectivity index (χ2v) is 6.41. The van der Waals surface area contributed by atoms with E-state index in [-0.39, 0.29) is 24.0 Å². The van der Waals surface area contributed by atoms with E-state index in [1.807, 2.05) is 11.8 Å². The van der Waals surface area contributed by atoms with Gasteiger partial charge in [-0.25, -0.2) is 0 Å². The van der Waals surface area contributed by atoms with Gasteiger partial charge in [-0.15, -0.1) is 24.0 Å². The summed E-state index contributed by atoms with van der Waals surface area (Å²) in [5.41, 5.74) is 0. The van der Waals surface area contributed by atoms with Crippen LogP contribution < -0.4 is 10.6 Å². The largest absolute Gasteiger partial charge is 0.357 e. The van der Waals surface area contributed by atoms with Crippen LogP contribution >= 0.6 is 35.7 Å². The molecule has 0 amide bonds. The maximum absolute atomic E-state index is 4.75. The summed E-state index contributed by atoms with van der Waals surface area (Å²) in [6, 6.07) is 0. The molecule has 4 nitrogen and oxygen atoms in total. The van der Waals surface area contributed by atoms with Gasteiger partial charge in [-0.3, -0.25) is 4.99 Å². The van der Waals surface area contributed by atoms with E-state index >= 15 is 0 Å². The van der Waals surface area contributed by atoms with E-state index < -0.39 is 0 Å². The number of hydrogen-bond donors (Lipinski definition) is 2. The molecule has 2 N–H and O–H groups in total. The van der Waals surface area contributed by atoms with Gasteiger partial charge in [0.2, 0.25) is 0 Å². The molecule has 126 valence electrons. The third-order valence-corrected chi connectivity index (χ3v) is 4.31. The third kappa shape index (κ3) is 9.84. The van der Waals surface area contributed by atoms with Crippen LogP contribution in [0.5, 0.6) is 0 Å². The standard InChI is InChI=1S/C15H32N4S.HI/c1-4-9-19-10-6-14(7-11-19)13-18-15(16-5-2)17-8-12-20-3;/h14H,4-13H2,1-3H3,(H2,16,17,18);1H. The van der Waals surface area contributed by atoms with E-state index in [0.717, 1.165) is 37.3 Å². The average molecular weight is 428 g/mol. The minimum absolute atomic E-state index is 0. The zero-order valence-electron chi connectivity index (χ0n) is 13.9. The fourth-order valence-electron chi connectivity index (χ4n) is 2.54. The minimum atomic E-state index is 0. The molecule has 0 atom stereocenters. The van der Waals surface area contributed by atoms with Crippen molar-refractivity contribution < 1.29 is 0 Å². The van der Waals surface area contributed by atoms with Crippen molar-refractivity contribution in [1.82, 2.24) is 15.5 Å². The molecule has 0 spiro atoms. The highest BCUT2D eigenvalue weighted by Gasteiger charge is 2.18. The summed E-state index contributed by atoms with van der Waals surface area (Å²) < 4.78 is 0. The average Bonchev–Trinajstić information content (AvgIpc) is 2.47. The number of hydrogen-bond acceptors (Lipinski definition) is 3. The first-order chi connectivity index (χ1) is 9.80. The highest BCUT2D eigenvalue weighted by Crippen LogP contribution is 2.17. The van der Waals surface area contributed by atoms with Crippen molar-refractivity contribution >= 4 is 41.7 Å². The summed E-state index contributed by atoms with van der Waals surface area (Å²) in [5, 5.41) is 6.73. The Kier molecular flexibility index (Phi) is 14.1. The molecular weight excluding hydrogens is 395 g/mol. The summed E-state index contributed by atoms with van der Waals surface area (Å²) in [6.07, 6.45) is 6.00. The van der Waals surface area contributed by atoms with Crippen LogP contribution in [-0.2, 0) is 0 Å². The van der Waals surface area contributed by atoms with Crippen LogP contribution in [0.1, 0.15) is 33.1 Å². The molecule has 1 aliphatic rings. The molecule has 0 radical (unpaired) electrons. The second-order valence-electron chi connectivity index (χ2n) is 5.42. The maximum atomic E-state index is 4.75. The van der Waals surface area contributed by atoms with Crippen LogP contribution in [-0.4, -0.2) is 62.1 Å². The Morgan fingerprint density at radius 3 is 2.52 bits per heavy atom. The van der Waals surface area contributed by atoms with E-state index in [4.69, 9.17) is 4.99 Å². The quantitative estimate of drug-likeness (QED) is 0.270. The Balaban J connectivity index is 0.00000400. The number of aliphatic imine (C=N–C) groups is 1. The van der Waals surface area contributed by atoms with E-state index in [9.17, 15) is 0 Å². The minimum Gasteiger partial charge on any atom is -0.357 e. The van der Waals surface area contributed by atoms with Gasteiger partial charge in [0.25, 0.3) is 0 Å². The maximum Gasteiger partial charge on any atom is 0.191 e. The van der Waals surface area contributed by atoms with Gasteiger partial charge in [-0.1, -0.05) is 6.92 Å². The Morgan fingerprint density at radius 2 is 1.95 bits per heavy atom. The smallest absolute Gasteiger partial charge is 0.191 e. The first kappa shape index (κ1) is 21.3. The molecule has 0 unspecified atom stereocenters. The molecule has 0 aromatic rings. The highest BCUT2D eigenvalue weighted by atomic mass is 127. The number of nitrogens with one attached hydrogen (secondary N) is 2. The fourth-order valence-corrected chi connectivity index (χ4v) is 2.85. The number of piperidine rings is 1. The van der Waals surface area contributed by atoms with E-state index in [0.29, 0.717) is 0 Å². The summed E-state index contributed by atoms with van der Waals surface area (Å²) in [4.78, 5) is 7.33. The lowest BCUT2D eigenvalue weighted by Crippen LogP contribution is -2.39. The molecule has 0 bridgehead atoms. The van der Waals surface area contributed by atoms with Crippen molar-refractivity contribution in [3.8, 4) is 0 Å². The molecule has 1 heterocycles. The number of nitrogens with zero attached hydrogens (tertiary/aromatic N) is 2. The lowest BCUT2D eigenvalue weighted by Gasteiger charge is -2.31. The van der Waals surface area contributed by atoms with Gasteiger partial charge >= 0.3 is 0 Å². The lowest BCUT2D eigenvalue weighted by atomic mass is 9.97. The van der Waals surface area contributed by atoms with Crippen molar-refractivity contribution in [2.75, 3.05) is 51.3 Å². The first-order valence-corrected chi connectivity index (χ1v) is 9.43. The van der Waals surface area contributed by atoms with Crippen molar-refractivity contribution in [3.63, 3.8) is 0 Å². The number of thioether (sulfide) groups is 1. The summed E-state index contributed by atoms with van der Waals surface area (Å²) in [7, 11) is 0. The van der Waals surface area contributed by atoms with E-state index in [1.165, 1.54) is 38.9 Å². The zero-order valence-corrected chi connectivity index (χ0v) is 17.0. The van der Waals surface area contributed by atoms with Gasteiger partial charge in [0.15, 0.2) is 5.96 Å². The van der Waals surface area contributed by atoms with Crippen LogP contribution in [0.15, 0.2) is 4.99 Å². The van der Waals surface area contributed by atoms with E-state index in [1.54, 1.807) is 0 Å². The highest BCUT2D eigenvalue weighted by molar-refractivity contribution is 14.0. The Labute approximate surface area is 152 Å². The second kappa shape index (κ2) is 13.9. The van der Waals surface area contributed by atoms with Gasteiger partial charge in [0.05, 0.1) is 0 Å². The molecule has 0 aliphatic carbocycles. The van der Waals surface area contributed by atoms with Crippen molar-refractivity contribution in [2.45, 2.75) is 33.1 Å². The number of guanidine groups is 1. The molecule has 0 saturated carbocycles.